The van der Waals surface area contributed by atoms with Crippen LogP contribution in [0, 0.1) is 11.8 Å². The third-order valence-electron chi connectivity index (χ3n) is 4.84. The smallest absolute Gasteiger partial charge is 0.239 e. The fraction of sp³-hybridized carbons (Fsp3) is 0.611. The van der Waals surface area contributed by atoms with E-state index in [0.29, 0.717) is 5.92 Å². The lowest BCUT2D eigenvalue weighted by Crippen LogP contribution is -2.49. The van der Waals surface area contributed by atoms with Crippen molar-refractivity contribution in [3.8, 4) is 0 Å². The van der Waals surface area contributed by atoms with Crippen molar-refractivity contribution in [1.29, 1.82) is 0 Å². The van der Waals surface area contributed by atoms with E-state index in [1.165, 1.54) is 5.56 Å². The van der Waals surface area contributed by atoms with Gasteiger partial charge in [-0.25, -0.2) is 0 Å². The van der Waals surface area contributed by atoms with Crippen molar-refractivity contribution in [3.05, 3.63) is 35.9 Å². The Balaban J connectivity index is 1.81. The number of benzene rings is 1. The SMILES string of the molecule is CC[C@H](C)[C@@H](N)C(=O)N1CCC(Cc2ccccc2)CC1. The summed E-state index contributed by atoms with van der Waals surface area (Å²) in [4.78, 5) is 14.3. The summed E-state index contributed by atoms with van der Waals surface area (Å²) in [6, 6.07) is 10.3. The van der Waals surface area contributed by atoms with Crippen molar-refractivity contribution in [2.45, 2.75) is 45.6 Å². The van der Waals surface area contributed by atoms with Gasteiger partial charge in [-0.1, -0.05) is 50.6 Å². The minimum absolute atomic E-state index is 0.141. The minimum Gasteiger partial charge on any atom is -0.341 e. The topological polar surface area (TPSA) is 46.3 Å². The van der Waals surface area contributed by atoms with Crippen LogP contribution in [0.3, 0.4) is 0 Å². The molecule has 0 aliphatic carbocycles. The van der Waals surface area contributed by atoms with Crippen molar-refractivity contribution in [3.63, 3.8) is 0 Å². The highest BCUT2D eigenvalue weighted by Gasteiger charge is 2.28. The van der Waals surface area contributed by atoms with Crippen molar-refractivity contribution in [2.24, 2.45) is 17.6 Å². The van der Waals surface area contributed by atoms with Crippen LogP contribution < -0.4 is 5.73 Å². The summed E-state index contributed by atoms with van der Waals surface area (Å²) in [5.41, 5.74) is 7.47. The Bertz CT molecular complexity index is 438. The monoisotopic (exact) mass is 288 g/mol. The largest absolute Gasteiger partial charge is 0.341 e. The number of hydrogen-bond donors (Lipinski definition) is 1. The molecular weight excluding hydrogens is 260 g/mol. The molecule has 1 aromatic carbocycles. The molecule has 0 spiro atoms. The van der Waals surface area contributed by atoms with Gasteiger partial charge in [0.1, 0.15) is 0 Å². The zero-order valence-electron chi connectivity index (χ0n) is 13.3. The first-order valence-corrected chi connectivity index (χ1v) is 8.20. The minimum atomic E-state index is -0.333. The lowest BCUT2D eigenvalue weighted by Gasteiger charge is -2.34. The molecule has 1 aliphatic rings. The van der Waals surface area contributed by atoms with E-state index in [2.05, 4.69) is 44.2 Å². The van der Waals surface area contributed by atoms with E-state index in [1.54, 1.807) is 0 Å². The van der Waals surface area contributed by atoms with Crippen LogP contribution in [0.2, 0.25) is 0 Å². The first kappa shape index (κ1) is 16.0. The first-order chi connectivity index (χ1) is 10.1. The third-order valence-corrected chi connectivity index (χ3v) is 4.84. The molecule has 21 heavy (non-hydrogen) atoms. The second-order valence-electron chi connectivity index (χ2n) is 6.37. The van der Waals surface area contributed by atoms with Gasteiger partial charge < -0.3 is 10.6 Å². The maximum absolute atomic E-state index is 12.4. The Morgan fingerprint density at radius 2 is 1.90 bits per heavy atom. The van der Waals surface area contributed by atoms with Crippen LogP contribution >= 0.6 is 0 Å². The first-order valence-electron chi connectivity index (χ1n) is 8.20. The molecule has 1 aromatic rings. The second kappa shape index (κ2) is 7.60. The fourth-order valence-electron chi connectivity index (χ4n) is 3.01. The summed E-state index contributed by atoms with van der Waals surface area (Å²) in [5, 5.41) is 0. The number of likely N-dealkylation sites (tertiary alicyclic amines) is 1. The number of rotatable bonds is 5. The van der Waals surface area contributed by atoms with Crippen LogP contribution in [0.5, 0.6) is 0 Å². The predicted molar refractivity (Wildman–Crippen MR) is 86.9 cm³/mol. The van der Waals surface area contributed by atoms with Crippen LogP contribution in [-0.2, 0) is 11.2 Å². The van der Waals surface area contributed by atoms with E-state index in [9.17, 15) is 4.79 Å². The highest BCUT2D eigenvalue weighted by molar-refractivity contribution is 5.82. The van der Waals surface area contributed by atoms with Gasteiger partial charge in [0.15, 0.2) is 0 Å². The summed E-state index contributed by atoms with van der Waals surface area (Å²) in [6.07, 6.45) is 4.26. The van der Waals surface area contributed by atoms with Crippen LogP contribution in [-0.4, -0.2) is 29.9 Å². The molecule has 2 rings (SSSR count). The van der Waals surface area contributed by atoms with E-state index in [0.717, 1.165) is 38.8 Å². The predicted octanol–water partition coefficient (Wildman–Crippen LogP) is 2.84. The molecule has 1 amide bonds. The molecule has 0 radical (unpaired) electrons. The summed E-state index contributed by atoms with van der Waals surface area (Å²) in [6.45, 7) is 5.87. The Labute approximate surface area is 128 Å². The van der Waals surface area contributed by atoms with Crippen LogP contribution in [0.25, 0.3) is 0 Å². The van der Waals surface area contributed by atoms with Gasteiger partial charge in [-0.15, -0.1) is 0 Å². The molecule has 1 saturated heterocycles. The molecule has 1 fully saturated rings. The van der Waals surface area contributed by atoms with Crippen molar-refractivity contribution in [1.82, 2.24) is 4.90 Å². The number of amides is 1. The maximum Gasteiger partial charge on any atom is 0.239 e. The number of hydrogen-bond acceptors (Lipinski definition) is 2. The Kier molecular flexibility index (Phi) is 5.80. The van der Waals surface area contributed by atoms with Gasteiger partial charge in [0, 0.05) is 13.1 Å². The standard InChI is InChI=1S/C18H28N2O/c1-3-14(2)17(19)18(21)20-11-9-16(10-12-20)13-15-7-5-4-6-8-15/h4-8,14,16-17H,3,9-13,19H2,1-2H3/t14-,17+/m0/s1. The Morgan fingerprint density at radius 1 is 1.29 bits per heavy atom. The Hall–Kier alpha value is -1.35. The molecule has 1 heterocycles. The van der Waals surface area contributed by atoms with Gasteiger partial charge in [-0.05, 0) is 36.7 Å². The van der Waals surface area contributed by atoms with Crippen LogP contribution in [0.15, 0.2) is 30.3 Å². The van der Waals surface area contributed by atoms with E-state index in [4.69, 9.17) is 5.73 Å². The molecule has 2 atom stereocenters. The highest BCUT2D eigenvalue weighted by Crippen LogP contribution is 2.22. The van der Waals surface area contributed by atoms with Gasteiger partial charge in [0.2, 0.25) is 5.91 Å². The summed E-state index contributed by atoms with van der Waals surface area (Å²) < 4.78 is 0. The zero-order chi connectivity index (χ0) is 15.2. The molecule has 116 valence electrons. The lowest BCUT2D eigenvalue weighted by molar-refractivity contribution is -0.135. The number of piperidine rings is 1. The van der Waals surface area contributed by atoms with E-state index in [-0.39, 0.29) is 17.9 Å². The van der Waals surface area contributed by atoms with E-state index < -0.39 is 0 Å². The van der Waals surface area contributed by atoms with Crippen molar-refractivity contribution >= 4 is 5.91 Å². The van der Waals surface area contributed by atoms with Gasteiger partial charge in [0.05, 0.1) is 6.04 Å². The molecule has 1 aliphatic heterocycles. The molecule has 0 saturated carbocycles. The number of nitrogens with two attached hydrogens (primary N) is 1. The molecule has 0 bridgehead atoms. The van der Waals surface area contributed by atoms with Crippen LogP contribution in [0.1, 0.15) is 38.7 Å². The molecule has 0 unspecified atom stereocenters. The van der Waals surface area contributed by atoms with Gasteiger partial charge >= 0.3 is 0 Å². The third kappa shape index (κ3) is 4.31. The molecule has 0 aromatic heterocycles. The van der Waals surface area contributed by atoms with Crippen LogP contribution in [0.4, 0.5) is 0 Å². The average molecular weight is 288 g/mol. The van der Waals surface area contributed by atoms with Gasteiger partial charge in [0.25, 0.3) is 0 Å². The van der Waals surface area contributed by atoms with E-state index in [1.807, 2.05) is 4.90 Å². The number of carbonyl (C=O) groups is 1. The molecular formula is C18H28N2O. The summed E-state index contributed by atoms with van der Waals surface area (Å²) in [7, 11) is 0. The molecule has 2 N–H and O–H groups in total. The second-order valence-corrected chi connectivity index (χ2v) is 6.37. The maximum atomic E-state index is 12.4. The molecule has 3 nitrogen and oxygen atoms in total. The normalized spacial score (nSPS) is 19.3. The summed E-state index contributed by atoms with van der Waals surface area (Å²) in [5.74, 6) is 1.10. The van der Waals surface area contributed by atoms with Crippen molar-refractivity contribution < 1.29 is 4.79 Å². The fourth-order valence-corrected chi connectivity index (χ4v) is 3.01. The highest BCUT2D eigenvalue weighted by atomic mass is 16.2. The molecule has 3 heteroatoms. The zero-order valence-corrected chi connectivity index (χ0v) is 13.3. The quantitative estimate of drug-likeness (QED) is 0.905. The Morgan fingerprint density at radius 3 is 2.48 bits per heavy atom. The van der Waals surface area contributed by atoms with E-state index >= 15 is 0 Å². The lowest BCUT2D eigenvalue weighted by atomic mass is 9.89. The van der Waals surface area contributed by atoms with Gasteiger partial charge in [-0.2, -0.15) is 0 Å². The average Bonchev–Trinajstić information content (AvgIpc) is 2.54. The summed E-state index contributed by atoms with van der Waals surface area (Å²) >= 11 is 0. The number of nitrogens with zero attached hydrogens (tertiary/aromatic N) is 1. The van der Waals surface area contributed by atoms with Crippen molar-refractivity contribution in [2.75, 3.05) is 13.1 Å². The number of carbonyl (C=O) groups excluding carboxylic acids is 1. The van der Waals surface area contributed by atoms with Gasteiger partial charge in [-0.3, -0.25) is 4.79 Å².